The van der Waals surface area contributed by atoms with Crippen molar-refractivity contribution in [3.63, 3.8) is 0 Å². The maximum absolute atomic E-state index is 11.7. The lowest BCUT2D eigenvalue weighted by atomic mass is 10.1. The van der Waals surface area contributed by atoms with E-state index in [4.69, 9.17) is 4.74 Å². The molecule has 0 amide bonds. The van der Waals surface area contributed by atoms with Crippen molar-refractivity contribution < 1.29 is 17.9 Å². The first-order valence-electron chi connectivity index (χ1n) is 6.54. The molecule has 2 unspecified atom stereocenters. The number of sulfone groups is 1. The number of nitrogens with one attached hydrogen (secondary N) is 1. The molecular formula is C12H23NO4S. The monoisotopic (exact) mass is 277 g/mol. The lowest BCUT2D eigenvalue weighted by Crippen LogP contribution is -2.42. The minimum atomic E-state index is -2.95. The van der Waals surface area contributed by atoms with Crippen LogP contribution in [0.5, 0.6) is 0 Å². The van der Waals surface area contributed by atoms with Crippen LogP contribution in [0.25, 0.3) is 0 Å². The van der Waals surface area contributed by atoms with Crippen molar-refractivity contribution in [2.24, 2.45) is 0 Å². The summed E-state index contributed by atoms with van der Waals surface area (Å²) in [6.07, 6.45) is 4.03. The predicted octanol–water partition coefficient (Wildman–Crippen LogP) is 0.885. The number of ether oxygens (including phenoxy) is 1. The molecule has 18 heavy (non-hydrogen) atoms. The predicted molar refractivity (Wildman–Crippen MR) is 70.1 cm³/mol. The molecule has 0 aliphatic carbocycles. The Morgan fingerprint density at radius 3 is 2.72 bits per heavy atom. The molecule has 1 saturated heterocycles. The SMILES string of the molecule is CCCCC(NCC1CCCS1(=O)=O)C(=O)OC. The van der Waals surface area contributed by atoms with Crippen molar-refractivity contribution in [3.8, 4) is 0 Å². The topological polar surface area (TPSA) is 72.5 Å². The highest BCUT2D eigenvalue weighted by Crippen LogP contribution is 2.19. The largest absolute Gasteiger partial charge is 0.468 e. The van der Waals surface area contributed by atoms with Crippen LogP contribution in [0.4, 0.5) is 0 Å². The van der Waals surface area contributed by atoms with E-state index in [1.165, 1.54) is 7.11 Å². The Morgan fingerprint density at radius 1 is 1.50 bits per heavy atom. The molecule has 0 aromatic carbocycles. The third-order valence-electron chi connectivity index (χ3n) is 3.39. The number of carbonyl (C=O) groups excluding carboxylic acids is 1. The van der Waals surface area contributed by atoms with E-state index >= 15 is 0 Å². The Bertz CT molecular complexity index is 366. The van der Waals surface area contributed by atoms with Crippen LogP contribution in [0, 0.1) is 0 Å². The van der Waals surface area contributed by atoms with Crippen LogP contribution >= 0.6 is 0 Å². The average molecular weight is 277 g/mol. The molecule has 1 aliphatic heterocycles. The van der Waals surface area contributed by atoms with Gasteiger partial charge in [-0.1, -0.05) is 19.8 Å². The van der Waals surface area contributed by atoms with Gasteiger partial charge in [0.15, 0.2) is 9.84 Å². The molecule has 0 aromatic heterocycles. The van der Waals surface area contributed by atoms with E-state index < -0.39 is 9.84 Å². The van der Waals surface area contributed by atoms with Crippen LogP contribution in [0.1, 0.15) is 39.0 Å². The average Bonchev–Trinajstić information content (AvgIpc) is 2.68. The van der Waals surface area contributed by atoms with Gasteiger partial charge in [-0.05, 0) is 19.3 Å². The highest BCUT2D eigenvalue weighted by molar-refractivity contribution is 7.92. The Kier molecular flexibility index (Phi) is 6.08. The van der Waals surface area contributed by atoms with E-state index in [0.717, 1.165) is 19.3 Å². The molecule has 5 nitrogen and oxygen atoms in total. The minimum Gasteiger partial charge on any atom is -0.468 e. The van der Waals surface area contributed by atoms with Gasteiger partial charge in [0, 0.05) is 6.54 Å². The first-order chi connectivity index (χ1) is 8.51. The molecule has 1 aliphatic rings. The van der Waals surface area contributed by atoms with E-state index in [2.05, 4.69) is 12.2 Å². The van der Waals surface area contributed by atoms with Gasteiger partial charge in [0.25, 0.3) is 0 Å². The number of hydrogen-bond acceptors (Lipinski definition) is 5. The highest BCUT2D eigenvalue weighted by atomic mass is 32.2. The van der Waals surface area contributed by atoms with Crippen molar-refractivity contribution in [1.82, 2.24) is 5.32 Å². The zero-order valence-corrected chi connectivity index (χ0v) is 12.0. The van der Waals surface area contributed by atoms with E-state index in [1.54, 1.807) is 0 Å². The summed E-state index contributed by atoms with van der Waals surface area (Å²) in [5.41, 5.74) is 0. The summed E-state index contributed by atoms with van der Waals surface area (Å²) >= 11 is 0. The van der Waals surface area contributed by atoms with E-state index in [0.29, 0.717) is 19.4 Å². The van der Waals surface area contributed by atoms with E-state index in [-0.39, 0.29) is 23.0 Å². The van der Waals surface area contributed by atoms with Crippen molar-refractivity contribution in [3.05, 3.63) is 0 Å². The summed E-state index contributed by atoms with van der Waals surface area (Å²) < 4.78 is 28.1. The van der Waals surface area contributed by atoms with Crippen LogP contribution in [-0.2, 0) is 19.4 Å². The smallest absolute Gasteiger partial charge is 0.322 e. The molecule has 1 rings (SSSR count). The van der Waals surface area contributed by atoms with Gasteiger partial charge in [-0.2, -0.15) is 0 Å². The molecule has 0 radical (unpaired) electrons. The third-order valence-corrected chi connectivity index (χ3v) is 5.66. The Hall–Kier alpha value is -0.620. The van der Waals surface area contributed by atoms with Crippen LogP contribution < -0.4 is 5.32 Å². The molecule has 1 N–H and O–H groups in total. The Balaban J connectivity index is 2.48. The molecule has 0 spiro atoms. The second kappa shape index (κ2) is 7.09. The van der Waals surface area contributed by atoms with Gasteiger partial charge in [-0.15, -0.1) is 0 Å². The van der Waals surface area contributed by atoms with Crippen LogP contribution in [0.3, 0.4) is 0 Å². The number of methoxy groups -OCH3 is 1. The maximum atomic E-state index is 11.7. The number of unbranched alkanes of at least 4 members (excludes halogenated alkanes) is 1. The minimum absolute atomic E-state index is 0.275. The van der Waals surface area contributed by atoms with Gasteiger partial charge >= 0.3 is 5.97 Å². The summed E-state index contributed by atoms with van der Waals surface area (Å²) in [4.78, 5) is 11.5. The molecule has 106 valence electrons. The van der Waals surface area contributed by atoms with Crippen molar-refractivity contribution in [1.29, 1.82) is 0 Å². The van der Waals surface area contributed by atoms with Crippen molar-refractivity contribution >= 4 is 15.8 Å². The molecule has 1 fully saturated rings. The van der Waals surface area contributed by atoms with Gasteiger partial charge in [-0.3, -0.25) is 4.79 Å². The van der Waals surface area contributed by atoms with Crippen molar-refractivity contribution in [2.75, 3.05) is 19.4 Å². The Labute approximate surface area is 109 Å². The highest BCUT2D eigenvalue weighted by Gasteiger charge is 2.32. The zero-order valence-electron chi connectivity index (χ0n) is 11.1. The molecule has 6 heteroatoms. The number of carbonyl (C=O) groups is 1. The second-order valence-corrected chi connectivity index (χ2v) is 7.16. The summed E-state index contributed by atoms with van der Waals surface area (Å²) in [5, 5.41) is 2.71. The summed E-state index contributed by atoms with van der Waals surface area (Å²) in [7, 11) is -1.59. The molecule has 1 heterocycles. The van der Waals surface area contributed by atoms with Gasteiger partial charge in [0.05, 0.1) is 18.1 Å². The van der Waals surface area contributed by atoms with E-state index in [1.807, 2.05) is 0 Å². The summed E-state index contributed by atoms with van der Waals surface area (Å²) in [5.74, 6) is -0.0316. The normalized spacial score (nSPS) is 23.8. The number of esters is 1. The molecule has 2 atom stereocenters. The number of hydrogen-bond donors (Lipinski definition) is 1. The first-order valence-corrected chi connectivity index (χ1v) is 8.25. The lowest BCUT2D eigenvalue weighted by Gasteiger charge is -2.18. The Morgan fingerprint density at radius 2 is 2.22 bits per heavy atom. The van der Waals surface area contributed by atoms with Crippen LogP contribution in [0.2, 0.25) is 0 Å². The fraction of sp³-hybridized carbons (Fsp3) is 0.917. The molecule has 0 saturated carbocycles. The zero-order chi connectivity index (χ0) is 13.6. The van der Waals surface area contributed by atoms with Gasteiger partial charge in [0.1, 0.15) is 6.04 Å². The summed E-state index contributed by atoms with van der Waals surface area (Å²) in [6, 6.07) is -0.384. The quantitative estimate of drug-likeness (QED) is 0.700. The van der Waals surface area contributed by atoms with Gasteiger partial charge in [0.2, 0.25) is 0 Å². The van der Waals surface area contributed by atoms with Gasteiger partial charge < -0.3 is 10.1 Å². The van der Waals surface area contributed by atoms with Crippen LogP contribution in [0.15, 0.2) is 0 Å². The fourth-order valence-corrected chi connectivity index (χ4v) is 3.99. The molecular weight excluding hydrogens is 254 g/mol. The van der Waals surface area contributed by atoms with Gasteiger partial charge in [-0.25, -0.2) is 8.42 Å². The van der Waals surface area contributed by atoms with Crippen LogP contribution in [-0.4, -0.2) is 45.1 Å². The maximum Gasteiger partial charge on any atom is 0.322 e. The standard InChI is InChI=1S/C12H23NO4S/c1-3-4-7-11(12(14)17-2)13-9-10-6-5-8-18(10,15)16/h10-11,13H,3-9H2,1-2H3. The molecule has 0 bridgehead atoms. The fourth-order valence-electron chi connectivity index (χ4n) is 2.21. The van der Waals surface area contributed by atoms with E-state index in [9.17, 15) is 13.2 Å². The summed E-state index contributed by atoms with van der Waals surface area (Å²) in [6.45, 7) is 2.40. The van der Waals surface area contributed by atoms with Crippen molar-refractivity contribution in [2.45, 2.75) is 50.3 Å². The molecule has 0 aromatic rings. The number of rotatable bonds is 7. The third kappa shape index (κ3) is 4.24. The second-order valence-electron chi connectivity index (χ2n) is 4.76. The first kappa shape index (κ1) is 15.4. The lowest BCUT2D eigenvalue weighted by molar-refractivity contribution is -0.143.